The average molecular weight is 480 g/mol. The standard InChI is InChI=1S/C26H45N3O5/c1-15(2)19(27)14-28-20-13-18(11-12-21(20)30)22(16(3)23(31)33-25(5,6)7)17(4)29-24(32)34-26(8,9)10/h11-12,15-17,19,22,30H,13-14,27H2,1-10H3,(H,29,32). The van der Waals surface area contributed by atoms with Crippen molar-refractivity contribution in [2.75, 3.05) is 6.54 Å². The second-order valence-corrected chi connectivity index (χ2v) is 11.4. The van der Waals surface area contributed by atoms with E-state index in [9.17, 15) is 14.7 Å². The monoisotopic (exact) mass is 479 g/mol. The van der Waals surface area contributed by atoms with Gasteiger partial charge >= 0.3 is 12.1 Å². The van der Waals surface area contributed by atoms with Crippen LogP contribution in [0.3, 0.4) is 0 Å². The van der Waals surface area contributed by atoms with Crippen molar-refractivity contribution in [3.63, 3.8) is 0 Å². The fourth-order valence-corrected chi connectivity index (χ4v) is 3.62. The summed E-state index contributed by atoms with van der Waals surface area (Å²) in [6.45, 7) is 18.9. The van der Waals surface area contributed by atoms with Crippen LogP contribution in [0.25, 0.3) is 0 Å². The first-order valence-electron chi connectivity index (χ1n) is 12.0. The summed E-state index contributed by atoms with van der Waals surface area (Å²) in [7, 11) is 0. The van der Waals surface area contributed by atoms with Gasteiger partial charge in [0.2, 0.25) is 0 Å². The highest BCUT2D eigenvalue weighted by Gasteiger charge is 2.37. The van der Waals surface area contributed by atoms with Gasteiger partial charge in [-0.3, -0.25) is 9.79 Å². The van der Waals surface area contributed by atoms with Crippen LogP contribution in [0.1, 0.15) is 75.7 Å². The third kappa shape index (κ3) is 9.87. The first kappa shape index (κ1) is 29.7. The Labute approximate surface area is 205 Å². The molecule has 0 aliphatic heterocycles. The van der Waals surface area contributed by atoms with Gasteiger partial charge in [-0.1, -0.05) is 32.4 Å². The lowest BCUT2D eigenvalue weighted by atomic mass is 9.78. The van der Waals surface area contributed by atoms with Gasteiger partial charge in [0.1, 0.15) is 17.0 Å². The Balaban J connectivity index is 3.24. The van der Waals surface area contributed by atoms with E-state index in [1.54, 1.807) is 39.8 Å². The minimum absolute atomic E-state index is 0.0798. The molecule has 1 rings (SSSR count). The second kappa shape index (κ2) is 11.9. The molecule has 0 saturated carbocycles. The lowest BCUT2D eigenvalue weighted by Crippen LogP contribution is -2.46. The Morgan fingerprint density at radius 2 is 1.62 bits per heavy atom. The third-order valence-corrected chi connectivity index (χ3v) is 5.50. The molecule has 0 heterocycles. The lowest BCUT2D eigenvalue weighted by molar-refractivity contribution is -0.161. The van der Waals surface area contributed by atoms with Gasteiger partial charge in [-0.2, -0.15) is 0 Å². The van der Waals surface area contributed by atoms with E-state index in [1.807, 2.05) is 41.5 Å². The fourth-order valence-electron chi connectivity index (χ4n) is 3.62. The maximum atomic E-state index is 13.0. The number of allylic oxidation sites excluding steroid dienone is 3. The van der Waals surface area contributed by atoms with Crippen molar-refractivity contribution in [1.29, 1.82) is 0 Å². The number of hydrogen-bond acceptors (Lipinski definition) is 7. The summed E-state index contributed by atoms with van der Waals surface area (Å²) in [5.41, 5.74) is 6.21. The van der Waals surface area contributed by atoms with E-state index in [-0.39, 0.29) is 23.7 Å². The number of hydrogen-bond donors (Lipinski definition) is 3. The minimum Gasteiger partial charge on any atom is -0.506 e. The van der Waals surface area contributed by atoms with Gasteiger partial charge < -0.3 is 25.6 Å². The van der Waals surface area contributed by atoms with Crippen LogP contribution in [0.2, 0.25) is 0 Å². The van der Waals surface area contributed by atoms with Crippen LogP contribution in [0, 0.1) is 17.8 Å². The number of esters is 1. The molecule has 0 aromatic heterocycles. The van der Waals surface area contributed by atoms with Gasteiger partial charge in [0, 0.05) is 24.4 Å². The molecule has 4 N–H and O–H groups in total. The molecule has 1 aliphatic rings. The number of nitrogens with zero attached hydrogens (tertiary/aromatic N) is 1. The molecule has 1 amide bonds. The van der Waals surface area contributed by atoms with E-state index < -0.39 is 35.2 Å². The molecule has 8 heteroatoms. The molecule has 0 aromatic rings. The van der Waals surface area contributed by atoms with E-state index in [0.29, 0.717) is 18.7 Å². The first-order chi connectivity index (χ1) is 15.4. The SMILES string of the molecule is CC(C)C(N)CN=C1CC(C(C(C)NC(=O)OC(C)(C)C)C(C)C(=O)OC(C)(C)C)=CC=C1O. The highest BCUT2D eigenvalue weighted by atomic mass is 16.6. The molecule has 0 bridgehead atoms. The van der Waals surface area contributed by atoms with Crippen molar-refractivity contribution < 1.29 is 24.2 Å². The molecule has 0 fully saturated rings. The molecule has 0 aromatic carbocycles. The normalized spacial score (nSPS) is 19.6. The largest absolute Gasteiger partial charge is 0.506 e. The van der Waals surface area contributed by atoms with Crippen molar-refractivity contribution in [2.24, 2.45) is 28.5 Å². The Hall–Kier alpha value is -2.35. The summed E-state index contributed by atoms with van der Waals surface area (Å²) >= 11 is 0. The molecule has 8 nitrogen and oxygen atoms in total. The van der Waals surface area contributed by atoms with Gasteiger partial charge in [0.05, 0.1) is 18.2 Å². The van der Waals surface area contributed by atoms with Gasteiger partial charge in [-0.25, -0.2) is 4.79 Å². The van der Waals surface area contributed by atoms with Crippen molar-refractivity contribution >= 4 is 17.8 Å². The van der Waals surface area contributed by atoms with Crippen molar-refractivity contribution in [1.82, 2.24) is 5.32 Å². The van der Waals surface area contributed by atoms with Gasteiger partial charge in [0.25, 0.3) is 0 Å². The molecule has 0 radical (unpaired) electrons. The Bertz CT molecular complexity index is 815. The highest BCUT2D eigenvalue weighted by molar-refractivity contribution is 6.01. The smallest absolute Gasteiger partial charge is 0.407 e. The average Bonchev–Trinajstić information content (AvgIpc) is 2.64. The zero-order valence-electron chi connectivity index (χ0n) is 22.6. The van der Waals surface area contributed by atoms with Crippen molar-refractivity contribution in [2.45, 2.75) is 98.9 Å². The number of aliphatic imine (C=N–C) groups is 1. The molecule has 1 aliphatic carbocycles. The van der Waals surface area contributed by atoms with Crippen LogP contribution < -0.4 is 11.1 Å². The Kier molecular flexibility index (Phi) is 10.4. The van der Waals surface area contributed by atoms with Gasteiger partial charge in [-0.15, -0.1) is 0 Å². The molecular weight excluding hydrogens is 434 g/mol. The number of nitrogens with two attached hydrogens (primary N) is 1. The predicted octanol–water partition coefficient (Wildman–Crippen LogP) is 4.69. The zero-order chi connectivity index (χ0) is 26.4. The Morgan fingerprint density at radius 3 is 2.12 bits per heavy atom. The summed E-state index contributed by atoms with van der Waals surface area (Å²) in [4.78, 5) is 30.0. The number of rotatable bonds is 8. The van der Waals surface area contributed by atoms with Crippen molar-refractivity contribution in [3.05, 3.63) is 23.5 Å². The van der Waals surface area contributed by atoms with E-state index in [2.05, 4.69) is 10.3 Å². The summed E-state index contributed by atoms with van der Waals surface area (Å²) in [5, 5.41) is 13.3. The number of carbonyl (C=O) groups is 2. The van der Waals surface area contributed by atoms with E-state index in [4.69, 9.17) is 15.2 Å². The number of carbonyl (C=O) groups excluding carboxylic acids is 2. The molecule has 0 saturated heterocycles. The number of nitrogens with one attached hydrogen (secondary N) is 1. The maximum absolute atomic E-state index is 13.0. The summed E-state index contributed by atoms with van der Waals surface area (Å²) in [6, 6.07) is -0.574. The number of ether oxygens (including phenoxy) is 2. The van der Waals surface area contributed by atoms with Crippen LogP contribution in [0.4, 0.5) is 4.79 Å². The molecule has 34 heavy (non-hydrogen) atoms. The summed E-state index contributed by atoms with van der Waals surface area (Å²) in [5.74, 6) is -1.00. The topological polar surface area (TPSA) is 123 Å². The molecular formula is C26H45N3O5. The van der Waals surface area contributed by atoms with E-state index in [0.717, 1.165) is 5.57 Å². The van der Waals surface area contributed by atoms with E-state index in [1.165, 1.54) is 0 Å². The van der Waals surface area contributed by atoms with E-state index >= 15 is 0 Å². The van der Waals surface area contributed by atoms with Gasteiger partial charge in [-0.05, 0) is 60.5 Å². The van der Waals surface area contributed by atoms with Crippen LogP contribution in [-0.4, -0.2) is 52.7 Å². The zero-order valence-corrected chi connectivity index (χ0v) is 22.6. The Morgan fingerprint density at radius 1 is 1.06 bits per heavy atom. The van der Waals surface area contributed by atoms with Crippen LogP contribution in [0.15, 0.2) is 28.5 Å². The number of aliphatic hydroxyl groups is 1. The lowest BCUT2D eigenvalue weighted by Gasteiger charge is -2.34. The van der Waals surface area contributed by atoms with Crippen LogP contribution >= 0.6 is 0 Å². The molecule has 194 valence electrons. The second-order valence-electron chi connectivity index (χ2n) is 11.4. The first-order valence-corrected chi connectivity index (χ1v) is 12.0. The predicted molar refractivity (Wildman–Crippen MR) is 136 cm³/mol. The molecule has 4 unspecified atom stereocenters. The number of amides is 1. The number of aliphatic hydroxyl groups excluding tert-OH is 1. The quantitative estimate of drug-likeness (QED) is 0.434. The molecule has 4 atom stereocenters. The van der Waals surface area contributed by atoms with Crippen LogP contribution in [-0.2, 0) is 14.3 Å². The fraction of sp³-hybridized carbons (Fsp3) is 0.731. The maximum Gasteiger partial charge on any atom is 0.407 e. The minimum atomic E-state index is -0.649. The van der Waals surface area contributed by atoms with Crippen molar-refractivity contribution in [3.8, 4) is 0 Å². The molecule has 0 spiro atoms. The van der Waals surface area contributed by atoms with Gasteiger partial charge in [0.15, 0.2) is 0 Å². The number of alkyl carbamates (subject to hydrolysis) is 1. The summed E-state index contributed by atoms with van der Waals surface area (Å²) in [6.07, 6.45) is 3.14. The van der Waals surface area contributed by atoms with Crippen LogP contribution in [0.5, 0.6) is 0 Å². The third-order valence-electron chi connectivity index (χ3n) is 5.50. The highest BCUT2D eigenvalue weighted by Crippen LogP contribution is 2.32. The summed E-state index contributed by atoms with van der Waals surface area (Å²) < 4.78 is 11.1.